The molecule has 16 heavy (non-hydrogen) atoms. The standard InChI is InChI=1S/C12H23N3O/c1-2-6-13-9-12(16)14-10-5-8-15-7-3-4-11(10)15/h10-11,13H,2-9H2,1H3,(H,14,16). The molecule has 2 heterocycles. The van der Waals surface area contributed by atoms with Gasteiger partial charge in [-0.15, -0.1) is 0 Å². The number of nitrogens with zero attached hydrogens (tertiary/aromatic N) is 1. The Morgan fingerprint density at radius 1 is 1.38 bits per heavy atom. The second kappa shape index (κ2) is 5.64. The van der Waals surface area contributed by atoms with Crippen molar-refractivity contribution in [3.05, 3.63) is 0 Å². The average Bonchev–Trinajstić information content (AvgIpc) is 2.83. The molecule has 2 atom stereocenters. The van der Waals surface area contributed by atoms with E-state index in [2.05, 4.69) is 22.5 Å². The van der Waals surface area contributed by atoms with Crippen LogP contribution < -0.4 is 10.6 Å². The van der Waals surface area contributed by atoms with Gasteiger partial charge < -0.3 is 10.6 Å². The minimum atomic E-state index is 0.159. The first-order chi connectivity index (χ1) is 7.81. The summed E-state index contributed by atoms with van der Waals surface area (Å²) in [7, 11) is 0. The smallest absolute Gasteiger partial charge is 0.234 e. The van der Waals surface area contributed by atoms with Gasteiger partial charge in [-0.25, -0.2) is 0 Å². The van der Waals surface area contributed by atoms with E-state index in [0.29, 0.717) is 18.6 Å². The minimum Gasteiger partial charge on any atom is -0.351 e. The highest BCUT2D eigenvalue weighted by molar-refractivity contribution is 5.78. The summed E-state index contributed by atoms with van der Waals surface area (Å²) < 4.78 is 0. The molecule has 0 aromatic carbocycles. The highest BCUT2D eigenvalue weighted by Gasteiger charge is 2.37. The van der Waals surface area contributed by atoms with Gasteiger partial charge in [-0.1, -0.05) is 6.92 Å². The number of nitrogens with one attached hydrogen (secondary N) is 2. The van der Waals surface area contributed by atoms with Gasteiger partial charge in [-0.2, -0.15) is 0 Å². The Balaban J connectivity index is 1.70. The number of hydrogen-bond acceptors (Lipinski definition) is 3. The number of rotatable bonds is 5. The number of amides is 1. The van der Waals surface area contributed by atoms with Gasteiger partial charge >= 0.3 is 0 Å². The molecule has 0 radical (unpaired) electrons. The van der Waals surface area contributed by atoms with E-state index in [-0.39, 0.29) is 5.91 Å². The molecule has 2 unspecified atom stereocenters. The van der Waals surface area contributed by atoms with E-state index in [4.69, 9.17) is 0 Å². The lowest BCUT2D eigenvalue weighted by Crippen LogP contribution is -2.45. The first kappa shape index (κ1) is 11.9. The minimum absolute atomic E-state index is 0.159. The van der Waals surface area contributed by atoms with Crippen LogP contribution in [0.3, 0.4) is 0 Å². The maximum absolute atomic E-state index is 11.7. The molecule has 0 aromatic heterocycles. The van der Waals surface area contributed by atoms with Gasteiger partial charge in [0, 0.05) is 18.6 Å². The highest BCUT2D eigenvalue weighted by atomic mass is 16.2. The summed E-state index contributed by atoms with van der Waals surface area (Å²) in [6.45, 7) is 5.89. The predicted molar refractivity (Wildman–Crippen MR) is 64.3 cm³/mol. The fourth-order valence-corrected chi connectivity index (χ4v) is 2.89. The third-order valence-electron chi connectivity index (χ3n) is 3.66. The van der Waals surface area contributed by atoms with Gasteiger partial charge in [0.05, 0.1) is 6.54 Å². The van der Waals surface area contributed by atoms with Crippen molar-refractivity contribution < 1.29 is 4.79 Å². The molecular formula is C12H23N3O. The normalized spacial score (nSPS) is 29.3. The zero-order chi connectivity index (χ0) is 11.4. The van der Waals surface area contributed by atoms with Crippen molar-refractivity contribution in [2.75, 3.05) is 26.2 Å². The van der Waals surface area contributed by atoms with Gasteiger partial charge in [0.2, 0.25) is 5.91 Å². The van der Waals surface area contributed by atoms with Crippen molar-refractivity contribution in [2.45, 2.75) is 44.7 Å². The summed E-state index contributed by atoms with van der Waals surface area (Å²) in [5.74, 6) is 0.159. The topological polar surface area (TPSA) is 44.4 Å². The van der Waals surface area contributed by atoms with Crippen LogP contribution in [-0.2, 0) is 4.79 Å². The van der Waals surface area contributed by atoms with Crippen molar-refractivity contribution in [2.24, 2.45) is 0 Å². The largest absolute Gasteiger partial charge is 0.351 e. The lowest BCUT2D eigenvalue weighted by atomic mass is 10.1. The molecule has 0 aromatic rings. The quantitative estimate of drug-likeness (QED) is 0.663. The lowest BCUT2D eigenvalue weighted by molar-refractivity contribution is -0.121. The Hall–Kier alpha value is -0.610. The lowest BCUT2D eigenvalue weighted by Gasteiger charge is -2.21. The summed E-state index contributed by atoms with van der Waals surface area (Å²) in [5, 5.41) is 6.31. The molecule has 0 spiro atoms. The van der Waals surface area contributed by atoms with Crippen LogP contribution >= 0.6 is 0 Å². The van der Waals surface area contributed by atoms with Crippen LogP contribution in [0, 0.1) is 0 Å². The van der Waals surface area contributed by atoms with Crippen molar-refractivity contribution in [1.82, 2.24) is 15.5 Å². The Morgan fingerprint density at radius 2 is 2.25 bits per heavy atom. The molecule has 0 saturated carbocycles. The maximum Gasteiger partial charge on any atom is 0.234 e. The second-order valence-corrected chi connectivity index (χ2v) is 4.89. The molecule has 0 aliphatic carbocycles. The van der Waals surface area contributed by atoms with Crippen LogP contribution in [0.15, 0.2) is 0 Å². The van der Waals surface area contributed by atoms with Gasteiger partial charge in [-0.3, -0.25) is 9.69 Å². The monoisotopic (exact) mass is 225 g/mol. The van der Waals surface area contributed by atoms with Crippen LogP contribution in [-0.4, -0.2) is 49.1 Å². The van der Waals surface area contributed by atoms with Gasteiger partial charge in [0.1, 0.15) is 0 Å². The first-order valence-electron chi connectivity index (χ1n) is 6.55. The Bertz CT molecular complexity index is 244. The molecule has 4 nitrogen and oxygen atoms in total. The molecule has 92 valence electrons. The first-order valence-corrected chi connectivity index (χ1v) is 6.55. The van der Waals surface area contributed by atoms with E-state index in [0.717, 1.165) is 25.9 Å². The van der Waals surface area contributed by atoms with E-state index in [1.807, 2.05) is 0 Å². The van der Waals surface area contributed by atoms with E-state index in [1.165, 1.54) is 19.4 Å². The second-order valence-electron chi connectivity index (χ2n) is 4.89. The zero-order valence-corrected chi connectivity index (χ0v) is 10.2. The Kier molecular flexibility index (Phi) is 4.18. The third-order valence-corrected chi connectivity index (χ3v) is 3.66. The van der Waals surface area contributed by atoms with Crippen LogP contribution in [0.5, 0.6) is 0 Å². The summed E-state index contributed by atoms with van der Waals surface area (Å²) >= 11 is 0. The molecule has 2 N–H and O–H groups in total. The van der Waals surface area contributed by atoms with Crippen LogP contribution in [0.4, 0.5) is 0 Å². The molecule has 1 amide bonds. The van der Waals surface area contributed by atoms with Crippen LogP contribution in [0.2, 0.25) is 0 Å². The number of hydrogen-bond donors (Lipinski definition) is 2. The van der Waals surface area contributed by atoms with Gasteiger partial charge in [0.15, 0.2) is 0 Å². The fourth-order valence-electron chi connectivity index (χ4n) is 2.89. The summed E-state index contributed by atoms with van der Waals surface area (Å²) in [5.41, 5.74) is 0. The van der Waals surface area contributed by atoms with E-state index in [9.17, 15) is 4.79 Å². The van der Waals surface area contributed by atoms with Crippen molar-refractivity contribution >= 4 is 5.91 Å². The van der Waals surface area contributed by atoms with Crippen LogP contribution in [0.25, 0.3) is 0 Å². The summed E-state index contributed by atoms with van der Waals surface area (Å²) in [6.07, 6.45) is 4.76. The average molecular weight is 225 g/mol. The molecule has 4 heteroatoms. The molecule has 2 fully saturated rings. The SMILES string of the molecule is CCCNCC(=O)NC1CCN2CCCC12. The predicted octanol–water partition coefficient (Wildman–Crippen LogP) is 0.339. The molecule has 0 bridgehead atoms. The van der Waals surface area contributed by atoms with Crippen molar-refractivity contribution in [3.63, 3.8) is 0 Å². The Labute approximate surface area is 97.8 Å². The maximum atomic E-state index is 11.7. The van der Waals surface area contributed by atoms with E-state index < -0.39 is 0 Å². The highest BCUT2D eigenvalue weighted by Crippen LogP contribution is 2.27. The fraction of sp³-hybridized carbons (Fsp3) is 0.917. The number of carbonyl (C=O) groups is 1. The van der Waals surface area contributed by atoms with Crippen molar-refractivity contribution in [3.8, 4) is 0 Å². The summed E-state index contributed by atoms with van der Waals surface area (Å²) in [4.78, 5) is 14.2. The van der Waals surface area contributed by atoms with Gasteiger partial charge in [-0.05, 0) is 38.8 Å². The molecule has 2 rings (SSSR count). The number of carbonyl (C=O) groups excluding carboxylic acids is 1. The molecular weight excluding hydrogens is 202 g/mol. The third kappa shape index (κ3) is 2.74. The Morgan fingerprint density at radius 3 is 3.06 bits per heavy atom. The molecule has 2 saturated heterocycles. The molecule has 2 aliphatic rings. The number of fused-ring (bicyclic) bond motifs is 1. The molecule has 2 aliphatic heterocycles. The van der Waals surface area contributed by atoms with E-state index >= 15 is 0 Å². The van der Waals surface area contributed by atoms with Crippen molar-refractivity contribution in [1.29, 1.82) is 0 Å². The summed E-state index contributed by atoms with van der Waals surface area (Å²) in [6, 6.07) is 1.02. The van der Waals surface area contributed by atoms with Crippen LogP contribution in [0.1, 0.15) is 32.6 Å². The van der Waals surface area contributed by atoms with E-state index in [1.54, 1.807) is 0 Å². The van der Waals surface area contributed by atoms with Gasteiger partial charge in [0.25, 0.3) is 0 Å². The zero-order valence-electron chi connectivity index (χ0n) is 10.2.